The minimum Gasteiger partial charge on any atom is -0.381 e. The van der Waals surface area contributed by atoms with Gasteiger partial charge in [0.2, 0.25) is 5.91 Å². The van der Waals surface area contributed by atoms with E-state index in [1.807, 2.05) is 36.7 Å². The van der Waals surface area contributed by atoms with E-state index in [1.54, 1.807) is 18.5 Å². The maximum atomic E-state index is 12.7. The first-order chi connectivity index (χ1) is 18.7. The number of hydrogen-bond donors (Lipinski definition) is 1. The predicted molar refractivity (Wildman–Crippen MR) is 147 cm³/mol. The fraction of sp³-hybridized carbons (Fsp3) is 0.300. The number of pyridine rings is 1. The number of anilines is 1. The zero-order chi connectivity index (χ0) is 25.7. The summed E-state index contributed by atoms with van der Waals surface area (Å²) in [6.07, 6.45) is 8.84. The lowest BCUT2D eigenvalue weighted by Crippen LogP contribution is -2.35. The second kappa shape index (κ2) is 11.3. The van der Waals surface area contributed by atoms with Gasteiger partial charge in [0.25, 0.3) is 0 Å². The van der Waals surface area contributed by atoms with Gasteiger partial charge in [-0.15, -0.1) is 0 Å². The van der Waals surface area contributed by atoms with E-state index in [1.165, 1.54) is 5.56 Å². The minimum absolute atomic E-state index is 0.183. The number of rotatable bonds is 8. The smallest absolute Gasteiger partial charge is 0.248 e. The predicted octanol–water partition coefficient (Wildman–Crippen LogP) is 4.23. The van der Waals surface area contributed by atoms with Crippen molar-refractivity contribution in [1.29, 1.82) is 0 Å². The van der Waals surface area contributed by atoms with Crippen LogP contribution in [-0.2, 0) is 27.4 Å². The van der Waals surface area contributed by atoms with E-state index in [0.29, 0.717) is 5.92 Å². The Morgan fingerprint density at radius 1 is 1.05 bits per heavy atom. The Hall–Kier alpha value is -3.85. The molecule has 2 aromatic carbocycles. The van der Waals surface area contributed by atoms with Crippen LogP contribution in [0.2, 0.25) is 0 Å². The van der Waals surface area contributed by atoms with Crippen molar-refractivity contribution >= 4 is 28.7 Å². The average Bonchev–Trinajstić information content (AvgIpc) is 3.33. The Morgan fingerprint density at radius 2 is 1.89 bits per heavy atom. The van der Waals surface area contributed by atoms with Gasteiger partial charge in [0, 0.05) is 61.8 Å². The summed E-state index contributed by atoms with van der Waals surface area (Å²) in [7, 11) is 0. The van der Waals surface area contributed by atoms with Crippen LogP contribution in [0.3, 0.4) is 0 Å². The fourth-order valence-electron chi connectivity index (χ4n) is 4.90. The lowest BCUT2D eigenvalue weighted by molar-refractivity contribution is -0.111. The normalized spacial score (nSPS) is 16.6. The third kappa shape index (κ3) is 5.67. The van der Waals surface area contributed by atoms with E-state index in [9.17, 15) is 4.79 Å². The molecule has 2 aromatic heterocycles. The molecule has 194 valence electrons. The molecule has 4 aromatic rings. The highest BCUT2D eigenvalue weighted by Crippen LogP contribution is 2.28. The monoisotopic (exact) mass is 509 g/mol. The van der Waals surface area contributed by atoms with Crippen molar-refractivity contribution in [3.8, 4) is 11.1 Å². The maximum Gasteiger partial charge on any atom is 0.248 e. The van der Waals surface area contributed by atoms with Gasteiger partial charge in [0.05, 0.1) is 43.8 Å². The Labute approximate surface area is 221 Å². The SMILES string of the molecule is O=C(C=Cc1cnccc1-c1ccc2ncn(CC3COC3)c2c1)Nc1ccc(CN2CCOCC2)cc1. The van der Waals surface area contributed by atoms with E-state index in [4.69, 9.17) is 9.47 Å². The van der Waals surface area contributed by atoms with E-state index in [2.05, 4.69) is 49.0 Å². The van der Waals surface area contributed by atoms with Crippen molar-refractivity contribution in [2.75, 3.05) is 44.8 Å². The average molecular weight is 510 g/mol. The molecule has 1 N–H and O–H groups in total. The minimum atomic E-state index is -0.183. The Kier molecular flexibility index (Phi) is 7.26. The molecule has 38 heavy (non-hydrogen) atoms. The van der Waals surface area contributed by atoms with Crippen molar-refractivity contribution in [2.24, 2.45) is 5.92 Å². The quantitative estimate of drug-likeness (QED) is 0.358. The van der Waals surface area contributed by atoms with Crippen LogP contribution < -0.4 is 5.32 Å². The first-order valence-corrected chi connectivity index (χ1v) is 13.1. The highest BCUT2D eigenvalue weighted by molar-refractivity contribution is 6.02. The summed E-state index contributed by atoms with van der Waals surface area (Å²) in [5.74, 6) is 0.354. The summed E-state index contributed by atoms with van der Waals surface area (Å²) in [5.41, 5.74) is 7.00. The van der Waals surface area contributed by atoms with Crippen LogP contribution >= 0.6 is 0 Å². The van der Waals surface area contributed by atoms with E-state index < -0.39 is 0 Å². The molecule has 0 saturated carbocycles. The summed E-state index contributed by atoms with van der Waals surface area (Å²) < 4.78 is 12.9. The molecule has 4 heterocycles. The number of morpholine rings is 1. The van der Waals surface area contributed by atoms with Gasteiger partial charge < -0.3 is 19.4 Å². The molecule has 0 bridgehead atoms. The molecular formula is C30H31N5O3. The fourth-order valence-corrected chi connectivity index (χ4v) is 4.90. The van der Waals surface area contributed by atoms with Crippen LogP contribution in [-0.4, -0.2) is 64.9 Å². The number of carbonyl (C=O) groups excluding carboxylic acids is 1. The number of amides is 1. The molecule has 0 radical (unpaired) electrons. The van der Waals surface area contributed by atoms with Crippen molar-refractivity contribution in [1.82, 2.24) is 19.4 Å². The molecule has 1 amide bonds. The molecule has 8 nitrogen and oxygen atoms in total. The summed E-state index contributed by atoms with van der Waals surface area (Å²) in [6, 6.07) is 16.3. The number of nitrogens with zero attached hydrogens (tertiary/aromatic N) is 4. The van der Waals surface area contributed by atoms with Crippen molar-refractivity contribution < 1.29 is 14.3 Å². The van der Waals surface area contributed by atoms with Gasteiger partial charge in [-0.2, -0.15) is 0 Å². The Balaban J connectivity index is 1.13. The van der Waals surface area contributed by atoms with Gasteiger partial charge in [-0.3, -0.25) is 14.7 Å². The molecule has 8 heteroatoms. The zero-order valence-corrected chi connectivity index (χ0v) is 21.3. The molecule has 2 aliphatic rings. The molecule has 0 aliphatic carbocycles. The molecule has 0 spiro atoms. The first kappa shape index (κ1) is 24.5. The van der Waals surface area contributed by atoms with Crippen LogP contribution in [0.5, 0.6) is 0 Å². The molecule has 6 rings (SSSR count). The number of fused-ring (bicyclic) bond motifs is 1. The Morgan fingerprint density at radius 3 is 2.68 bits per heavy atom. The number of nitrogens with one attached hydrogen (secondary N) is 1. The number of benzene rings is 2. The standard InChI is InChI=1S/C30H31N5O3/c36-30(33-26-5-1-22(2-6-26)17-34-11-13-37-14-12-34)8-4-25-16-31-10-9-27(25)24-3-7-28-29(15-24)35(21-32-28)18-23-19-38-20-23/h1-10,15-16,21,23H,11-14,17-20H2,(H,33,36). The van der Waals surface area contributed by atoms with Crippen LogP contribution in [0.15, 0.2) is 73.3 Å². The number of carbonyl (C=O) groups is 1. The highest BCUT2D eigenvalue weighted by atomic mass is 16.5. The van der Waals surface area contributed by atoms with Gasteiger partial charge in [0.1, 0.15) is 0 Å². The lowest BCUT2D eigenvalue weighted by atomic mass is 10.0. The Bertz CT molecular complexity index is 1440. The molecule has 2 fully saturated rings. The number of ether oxygens (including phenoxy) is 2. The second-order valence-electron chi connectivity index (χ2n) is 9.87. The van der Waals surface area contributed by atoms with E-state index in [-0.39, 0.29) is 5.91 Å². The number of hydrogen-bond acceptors (Lipinski definition) is 6. The third-order valence-electron chi connectivity index (χ3n) is 7.09. The highest BCUT2D eigenvalue weighted by Gasteiger charge is 2.20. The van der Waals surface area contributed by atoms with Crippen molar-refractivity contribution in [3.05, 3.63) is 84.5 Å². The van der Waals surface area contributed by atoms with Gasteiger partial charge in [-0.1, -0.05) is 18.2 Å². The van der Waals surface area contributed by atoms with Crippen LogP contribution in [0.4, 0.5) is 5.69 Å². The summed E-state index contributed by atoms with van der Waals surface area (Å²) in [4.78, 5) is 23.9. The van der Waals surface area contributed by atoms with Crippen LogP contribution in [0.25, 0.3) is 28.2 Å². The third-order valence-corrected chi connectivity index (χ3v) is 7.09. The molecule has 2 aliphatic heterocycles. The molecule has 0 atom stereocenters. The van der Waals surface area contributed by atoms with Gasteiger partial charge >= 0.3 is 0 Å². The largest absolute Gasteiger partial charge is 0.381 e. The number of imidazole rings is 1. The molecular weight excluding hydrogens is 478 g/mol. The maximum absolute atomic E-state index is 12.7. The van der Waals surface area contributed by atoms with Gasteiger partial charge in [0.15, 0.2) is 0 Å². The van der Waals surface area contributed by atoms with Gasteiger partial charge in [-0.25, -0.2) is 4.98 Å². The summed E-state index contributed by atoms with van der Waals surface area (Å²) >= 11 is 0. The molecule has 2 saturated heterocycles. The van der Waals surface area contributed by atoms with E-state index >= 15 is 0 Å². The first-order valence-electron chi connectivity index (χ1n) is 13.1. The van der Waals surface area contributed by atoms with Crippen molar-refractivity contribution in [3.63, 3.8) is 0 Å². The zero-order valence-electron chi connectivity index (χ0n) is 21.3. The van der Waals surface area contributed by atoms with Crippen LogP contribution in [0.1, 0.15) is 11.1 Å². The lowest BCUT2D eigenvalue weighted by Gasteiger charge is -2.26. The van der Waals surface area contributed by atoms with E-state index in [0.717, 1.165) is 86.0 Å². The molecule has 0 unspecified atom stereocenters. The topological polar surface area (TPSA) is 81.5 Å². The summed E-state index contributed by atoms with van der Waals surface area (Å²) in [6.45, 7) is 6.88. The van der Waals surface area contributed by atoms with Gasteiger partial charge in [-0.05, 0) is 53.1 Å². The van der Waals surface area contributed by atoms with Crippen molar-refractivity contribution in [2.45, 2.75) is 13.1 Å². The second-order valence-corrected chi connectivity index (χ2v) is 9.87. The van der Waals surface area contributed by atoms with Crippen LogP contribution in [0, 0.1) is 5.92 Å². The summed E-state index contributed by atoms with van der Waals surface area (Å²) in [5, 5.41) is 2.96. The number of aromatic nitrogens is 3.